The van der Waals surface area contributed by atoms with Crippen LogP contribution in [0.15, 0.2) is 18.2 Å². The van der Waals surface area contributed by atoms with Crippen LogP contribution < -0.4 is 0 Å². The highest BCUT2D eigenvalue weighted by Gasteiger charge is 2.18. The van der Waals surface area contributed by atoms with E-state index in [9.17, 15) is 8.78 Å². The zero-order valence-corrected chi connectivity index (χ0v) is 10.7. The van der Waals surface area contributed by atoms with Crippen molar-refractivity contribution < 1.29 is 8.78 Å². The van der Waals surface area contributed by atoms with Crippen molar-refractivity contribution in [2.24, 2.45) is 11.8 Å². The van der Waals surface area contributed by atoms with Gasteiger partial charge >= 0.3 is 0 Å². The van der Waals surface area contributed by atoms with E-state index in [1.54, 1.807) is 0 Å². The summed E-state index contributed by atoms with van der Waals surface area (Å²) in [6.45, 7) is 2.23. The molecular formula is C16H18F2. The van der Waals surface area contributed by atoms with E-state index in [0.717, 1.165) is 24.8 Å². The highest BCUT2D eigenvalue weighted by Crippen LogP contribution is 2.30. The molecule has 0 unspecified atom stereocenters. The van der Waals surface area contributed by atoms with Gasteiger partial charge in [-0.3, -0.25) is 0 Å². The van der Waals surface area contributed by atoms with Gasteiger partial charge in [-0.15, -0.1) is 0 Å². The fourth-order valence-corrected chi connectivity index (χ4v) is 2.47. The van der Waals surface area contributed by atoms with Crippen LogP contribution in [-0.2, 0) is 0 Å². The molecule has 0 spiro atoms. The molecule has 96 valence electrons. The van der Waals surface area contributed by atoms with Crippen molar-refractivity contribution in [1.82, 2.24) is 0 Å². The Labute approximate surface area is 107 Å². The molecule has 0 aliphatic heterocycles. The Morgan fingerprint density at radius 1 is 1.11 bits per heavy atom. The van der Waals surface area contributed by atoms with Gasteiger partial charge in [-0.1, -0.05) is 25.2 Å². The molecule has 1 aromatic rings. The Morgan fingerprint density at radius 2 is 1.83 bits per heavy atom. The molecule has 2 rings (SSSR count). The molecule has 18 heavy (non-hydrogen) atoms. The minimum Gasteiger partial charge on any atom is -0.204 e. The maximum absolute atomic E-state index is 13.0. The molecule has 0 bridgehead atoms. The zero-order valence-electron chi connectivity index (χ0n) is 10.7. The molecule has 1 aliphatic carbocycles. The van der Waals surface area contributed by atoms with Crippen molar-refractivity contribution in [2.45, 2.75) is 39.0 Å². The minimum atomic E-state index is -0.823. The summed E-state index contributed by atoms with van der Waals surface area (Å²) in [6.07, 6.45) is 6.01. The normalized spacial score (nSPS) is 23.3. The lowest BCUT2D eigenvalue weighted by atomic mass is 9.81. The van der Waals surface area contributed by atoms with Crippen LogP contribution in [0.2, 0.25) is 0 Å². The highest BCUT2D eigenvalue weighted by molar-refractivity contribution is 5.35. The smallest absolute Gasteiger partial charge is 0.160 e. The van der Waals surface area contributed by atoms with Crippen LogP contribution in [-0.4, -0.2) is 0 Å². The average molecular weight is 248 g/mol. The van der Waals surface area contributed by atoms with Gasteiger partial charge in [-0.25, -0.2) is 8.78 Å². The summed E-state index contributed by atoms with van der Waals surface area (Å²) in [4.78, 5) is 0. The van der Waals surface area contributed by atoms with E-state index >= 15 is 0 Å². The number of hydrogen-bond donors (Lipinski definition) is 0. The molecule has 0 N–H and O–H groups in total. The minimum absolute atomic E-state index is 0.418. The van der Waals surface area contributed by atoms with Gasteiger partial charge in [-0.05, 0) is 49.8 Å². The Kier molecular flexibility index (Phi) is 4.36. The van der Waals surface area contributed by atoms with Gasteiger partial charge in [0.25, 0.3) is 0 Å². The third kappa shape index (κ3) is 3.32. The van der Waals surface area contributed by atoms with Crippen molar-refractivity contribution in [3.05, 3.63) is 35.4 Å². The Hall–Kier alpha value is -1.36. The van der Waals surface area contributed by atoms with Gasteiger partial charge in [0.05, 0.1) is 0 Å². The molecule has 0 heterocycles. The quantitative estimate of drug-likeness (QED) is 0.640. The lowest BCUT2D eigenvalue weighted by Gasteiger charge is -2.24. The second-order valence-corrected chi connectivity index (χ2v) is 5.02. The number of benzene rings is 1. The third-order valence-corrected chi connectivity index (χ3v) is 3.76. The molecule has 2 heteroatoms. The van der Waals surface area contributed by atoms with Crippen LogP contribution in [0.3, 0.4) is 0 Å². The van der Waals surface area contributed by atoms with E-state index in [4.69, 9.17) is 0 Å². The van der Waals surface area contributed by atoms with E-state index in [-0.39, 0.29) is 0 Å². The SMILES string of the molecule is CC[C@H]1CC[C@H](C#Cc2ccc(F)c(F)c2)CC1. The molecule has 1 fully saturated rings. The van der Waals surface area contributed by atoms with Crippen molar-refractivity contribution in [3.63, 3.8) is 0 Å². The lowest BCUT2D eigenvalue weighted by molar-refractivity contribution is 0.309. The Morgan fingerprint density at radius 3 is 2.44 bits per heavy atom. The predicted octanol–water partition coefficient (Wildman–Crippen LogP) is 4.53. The first-order chi connectivity index (χ1) is 8.69. The first-order valence-corrected chi connectivity index (χ1v) is 6.65. The second-order valence-electron chi connectivity index (χ2n) is 5.02. The summed E-state index contributed by atoms with van der Waals surface area (Å²) < 4.78 is 25.8. The largest absolute Gasteiger partial charge is 0.204 e. The summed E-state index contributed by atoms with van der Waals surface area (Å²) in [5.41, 5.74) is 0.562. The molecule has 1 saturated carbocycles. The number of halogens is 2. The highest BCUT2D eigenvalue weighted by atomic mass is 19.2. The average Bonchev–Trinajstić information content (AvgIpc) is 2.41. The summed E-state index contributed by atoms with van der Waals surface area (Å²) in [5.74, 6) is 5.78. The zero-order chi connectivity index (χ0) is 13.0. The first-order valence-electron chi connectivity index (χ1n) is 6.65. The topological polar surface area (TPSA) is 0 Å². The van der Waals surface area contributed by atoms with E-state index in [2.05, 4.69) is 18.8 Å². The monoisotopic (exact) mass is 248 g/mol. The first kappa shape index (κ1) is 13.1. The second kappa shape index (κ2) is 6.00. The fourth-order valence-electron chi connectivity index (χ4n) is 2.47. The van der Waals surface area contributed by atoms with Crippen molar-refractivity contribution in [3.8, 4) is 11.8 Å². The molecule has 0 amide bonds. The standard InChI is InChI=1S/C16H18F2/c1-2-12-3-5-13(6-4-12)7-8-14-9-10-15(17)16(18)11-14/h9-13H,2-6H2,1H3/t12-,13-. The van der Waals surface area contributed by atoms with Crippen molar-refractivity contribution >= 4 is 0 Å². The predicted molar refractivity (Wildman–Crippen MR) is 69.0 cm³/mol. The molecule has 1 aliphatic rings. The molecule has 0 radical (unpaired) electrons. The van der Waals surface area contributed by atoms with Crippen LogP contribution in [0.4, 0.5) is 8.78 Å². The molecule has 0 nitrogen and oxygen atoms in total. The van der Waals surface area contributed by atoms with Gasteiger partial charge in [-0.2, -0.15) is 0 Å². The molecule has 0 saturated heterocycles. The van der Waals surface area contributed by atoms with Crippen LogP contribution in [0.5, 0.6) is 0 Å². The van der Waals surface area contributed by atoms with Crippen molar-refractivity contribution in [2.75, 3.05) is 0 Å². The summed E-state index contributed by atoms with van der Waals surface area (Å²) in [6, 6.07) is 3.83. The van der Waals surface area contributed by atoms with Gasteiger partial charge < -0.3 is 0 Å². The number of rotatable bonds is 1. The van der Waals surface area contributed by atoms with E-state index in [1.165, 1.54) is 31.4 Å². The molecule has 0 atom stereocenters. The van der Waals surface area contributed by atoms with E-state index in [1.807, 2.05) is 0 Å². The Bertz CT molecular complexity index is 460. The third-order valence-electron chi connectivity index (χ3n) is 3.76. The molecule has 0 aromatic heterocycles. The summed E-state index contributed by atoms with van der Waals surface area (Å²) >= 11 is 0. The van der Waals surface area contributed by atoms with Crippen LogP contribution in [0.1, 0.15) is 44.6 Å². The van der Waals surface area contributed by atoms with Crippen LogP contribution in [0.25, 0.3) is 0 Å². The van der Waals surface area contributed by atoms with E-state index in [0.29, 0.717) is 11.5 Å². The number of hydrogen-bond acceptors (Lipinski definition) is 0. The molecule has 1 aromatic carbocycles. The van der Waals surface area contributed by atoms with E-state index < -0.39 is 11.6 Å². The Balaban J connectivity index is 1.98. The maximum atomic E-state index is 13.0. The van der Waals surface area contributed by atoms with Gasteiger partial charge in [0, 0.05) is 11.5 Å². The summed E-state index contributed by atoms with van der Waals surface area (Å²) in [7, 11) is 0. The van der Waals surface area contributed by atoms with Crippen LogP contribution >= 0.6 is 0 Å². The van der Waals surface area contributed by atoms with Gasteiger partial charge in [0.15, 0.2) is 11.6 Å². The fraction of sp³-hybridized carbons (Fsp3) is 0.500. The summed E-state index contributed by atoms with van der Waals surface area (Å²) in [5, 5.41) is 0. The van der Waals surface area contributed by atoms with Crippen molar-refractivity contribution in [1.29, 1.82) is 0 Å². The van der Waals surface area contributed by atoms with Crippen LogP contribution in [0, 0.1) is 35.3 Å². The van der Waals surface area contributed by atoms with Gasteiger partial charge in [0.1, 0.15) is 0 Å². The maximum Gasteiger partial charge on any atom is 0.160 e. The van der Waals surface area contributed by atoms with Gasteiger partial charge in [0.2, 0.25) is 0 Å². The molecular weight excluding hydrogens is 230 g/mol. The lowest BCUT2D eigenvalue weighted by Crippen LogP contribution is -2.12.